The minimum atomic E-state index is -3.85. The molecule has 0 spiro atoms. The second-order valence-corrected chi connectivity index (χ2v) is 12.6. The summed E-state index contributed by atoms with van der Waals surface area (Å²) in [6.07, 6.45) is 0.535. The van der Waals surface area contributed by atoms with Crippen LogP contribution in [0.2, 0.25) is 0 Å². The first kappa shape index (κ1) is 27.6. The van der Waals surface area contributed by atoms with Crippen LogP contribution in [0.3, 0.4) is 0 Å². The lowest BCUT2D eigenvalue weighted by molar-refractivity contribution is -0.160. The average molecular weight is 531 g/mol. The number of nitrogens with one attached hydrogen (secondary N) is 1. The van der Waals surface area contributed by atoms with Crippen LogP contribution in [0.4, 0.5) is 5.69 Å². The number of carboxylic acid groups (broad SMARTS) is 1. The molecule has 0 aliphatic carbocycles. The molecule has 0 amide bonds. The van der Waals surface area contributed by atoms with Crippen LogP contribution in [0.25, 0.3) is 11.1 Å². The molecule has 2 aliphatic heterocycles. The molecule has 202 valence electrons. The largest absolute Gasteiger partial charge is 0.479 e. The molecule has 8 nitrogen and oxygen atoms in total. The number of carbonyl (C=O) groups is 1. The molecule has 0 bridgehead atoms. The number of carboxylic acids is 1. The summed E-state index contributed by atoms with van der Waals surface area (Å²) in [4.78, 5) is 12.6. The number of benzene rings is 2. The lowest BCUT2D eigenvalue weighted by Crippen LogP contribution is -2.45. The van der Waals surface area contributed by atoms with E-state index < -0.39 is 27.9 Å². The highest BCUT2D eigenvalue weighted by atomic mass is 32.2. The van der Waals surface area contributed by atoms with Gasteiger partial charge in [-0.25, -0.2) is 4.79 Å². The summed E-state index contributed by atoms with van der Waals surface area (Å²) in [5, 5.41) is 10.3. The maximum Gasteiger partial charge on any atom is 0.337 e. The average Bonchev–Trinajstić information content (AvgIpc) is 2.96. The number of aliphatic carboxylic acids is 1. The first-order chi connectivity index (χ1) is 17.3. The molecule has 2 aliphatic rings. The normalized spacial score (nSPS) is 19.5. The van der Waals surface area contributed by atoms with Crippen molar-refractivity contribution in [1.82, 2.24) is 4.31 Å². The van der Waals surface area contributed by atoms with Crippen LogP contribution in [-0.2, 0) is 30.9 Å². The monoisotopic (exact) mass is 530 g/mol. The highest BCUT2D eigenvalue weighted by molar-refractivity contribution is 7.90. The minimum absolute atomic E-state index is 0.131. The van der Waals surface area contributed by atoms with E-state index in [1.807, 2.05) is 58.9 Å². The van der Waals surface area contributed by atoms with Crippen molar-refractivity contribution in [3.8, 4) is 11.1 Å². The van der Waals surface area contributed by atoms with Crippen molar-refractivity contribution in [1.29, 1.82) is 0 Å². The van der Waals surface area contributed by atoms with Crippen LogP contribution in [0, 0.1) is 20.8 Å². The summed E-state index contributed by atoms with van der Waals surface area (Å²) in [6, 6.07) is 7.83. The Morgan fingerprint density at radius 2 is 1.73 bits per heavy atom. The Morgan fingerprint density at radius 3 is 2.30 bits per heavy atom. The van der Waals surface area contributed by atoms with Gasteiger partial charge in [-0.2, -0.15) is 12.7 Å². The summed E-state index contributed by atoms with van der Waals surface area (Å²) in [6.45, 7) is 12.6. The second-order valence-electron chi connectivity index (χ2n) is 11.0. The first-order valence-electron chi connectivity index (χ1n) is 12.8. The number of hydrogen-bond donors (Lipinski definition) is 2. The van der Waals surface area contributed by atoms with Crippen molar-refractivity contribution in [2.24, 2.45) is 0 Å². The zero-order valence-electron chi connectivity index (χ0n) is 22.6. The third kappa shape index (κ3) is 5.70. The molecule has 37 heavy (non-hydrogen) atoms. The molecule has 0 saturated carbocycles. The molecule has 9 heteroatoms. The minimum Gasteiger partial charge on any atom is -0.479 e. The molecule has 1 atom stereocenters. The Kier molecular flexibility index (Phi) is 7.72. The number of aryl methyl sites for hydroxylation is 1. The fourth-order valence-electron chi connectivity index (χ4n) is 5.43. The molecule has 2 N–H and O–H groups in total. The third-order valence-electron chi connectivity index (χ3n) is 7.20. The summed E-state index contributed by atoms with van der Waals surface area (Å²) in [5.41, 5.74) is 5.27. The molecule has 4 rings (SSSR count). The van der Waals surface area contributed by atoms with Crippen LogP contribution in [0.5, 0.6) is 0 Å². The van der Waals surface area contributed by atoms with E-state index in [0.717, 1.165) is 27.8 Å². The molecular formula is C28H38N2O6S. The number of nitrogens with zero attached hydrogens (tertiary/aromatic N) is 1. The highest BCUT2D eigenvalue weighted by Gasteiger charge is 2.38. The van der Waals surface area contributed by atoms with Crippen LogP contribution >= 0.6 is 0 Å². The zero-order chi connectivity index (χ0) is 27.1. The van der Waals surface area contributed by atoms with Crippen molar-refractivity contribution >= 4 is 21.9 Å². The predicted molar refractivity (Wildman–Crippen MR) is 144 cm³/mol. The summed E-state index contributed by atoms with van der Waals surface area (Å²) < 4.78 is 43.1. The Balaban J connectivity index is 1.95. The van der Waals surface area contributed by atoms with Gasteiger partial charge >= 0.3 is 16.2 Å². The highest BCUT2D eigenvalue weighted by Crippen LogP contribution is 2.44. The number of hydrogen-bond acceptors (Lipinski definition) is 5. The van der Waals surface area contributed by atoms with E-state index in [1.54, 1.807) is 11.2 Å². The van der Waals surface area contributed by atoms with E-state index >= 15 is 0 Å². The smallest absolute Gasteiger partial charge is 0.337 e. The predicted octanol–water partition coefficient (Wildman–Crippen LogP) is 4.91. The second kappa shape index (κ2) is 10.4. The standard InChI is InChI=1S/C28H38N2O6S/c1-17-7-9-20(10-8-17)23-18(2)22-11-14-30(21-12-15-35-16-13-21)37(33,34)29-25(22)19(3)24(23)26(27(31)32)36-28(4,5)6/h7-10,21,26,29H,11-16H2,1-6H3,(H,31,32)/t26-/m0/s1. The van der Waals surface area contributed by atoms with Crippen molar-refractivity contribution in [2.45, 2.75) is 78.6 Å². The molecule has 0 aromatic heterocycles. The van der Waals surface area contributed by atoms with Crippen LogP contribution in [0.15, 0.2) is 24.3 Å². The lowest BCUT2D eigenvalue weighted by Gasteiger charge is -2.32. The van der Waals surface area contributed by atoms with Crippen molar-refractivity contribution in [3.05, 3.63) is 52.1 Å². The fourth-order valence-corrected chi connectivity index (χ4v) is 7.01. The van der Waals surface area contributed by atoms with E-state index in [1.165, 1.54) is 0 Å². The molecule has 2 aromatic carbocycles. The van der Waals surface area contributed by atoms with E-state index in [4.69, 9.17) is 9.47 Å². The molecule has 1 saturated heterocycles. The van der Waals surface area contributed by atoms with Crippen LogP contribution in [-0.4, -0.2) is 55.2 Å². The van der Waals surface area contributed by atoms with Gasteiger partial charge in [-0.3, -0.25) is 4.72 Å². The molecule has 2 aromatic rings. The van der Waals surface area contributed by atoms with Gasteiger partial charge in [-0.15, -0.1) is 0 Å². The van der Waals surface area contributed by atoms with Gasteiger partial charge in [-0.05, 0) is 88.6 Å². The number of rotatable bonds is 5. The number of fused-ring (bicyclic) bond motifs is 1. The van der Waals surface area contributed by atoms with Crippen molar-refractivity contribution in [2.75, 3.05) is 24.5 Å². The Bertz CT molecular complexity index is 1280. The molecule has 2 heterocycles. The molecule has 0 radical (unpaired) electrons. The summed E-state index contributed by atoms with van der Waals surface area (Å²) in [7, 11) is -3.85. The number of anilines is 1. The van der Waals surface area contributed by atoms with Crippen LogP contribution < -0.4 is 4.72 Å². The Labute approximate surface area is 220 Å². The SMILES string of the molecule is Cc1ccc(-c2c(C)c3c(c(C)c2[C@H](OC(C)(C)C)C(=O)O)NS(=O)(=O)N(C2CCOCC2)CC3)cc1. The maximum absolute atomic E-state index is 13.6. The third-order valence-corrected chi connectivity index (χ3v) is 8.76. The lowest BCUT2D eigenvalue weighted by atomic mass is 9.83. The van der Waals surface area contributed by atoms with Crippen molar-refractivity contribution < 1.29 is 27.8 Å². The van der Waals surface area contributed by atoms with Gasteiger partial charge in [0.2, 0.25) is 0 Å². The van der Waals surface area contributed by atoms with E-state index in [9.17, 15) is 18.3 Å². The Morgan fingerprint density at radius 1 is 1.11 bits per heavy atom. The van der Waals surface area contributed by atoms with E-state index in [2.05, 4.69) is 4.72 Å². The zero-order valence-corrected chi connectivity index (χ0v) is 23.4. The van der Waals surface area contributed by atoms with Crippen molar-refractivity contribution in [3.63, 3.8) is 0 Å². The summed E-state index contributed by atoms with van der Waals surface area (Å²) in [5.74, 6) is -1.12. The van der Waals surface area contributed by atoms with Gasteiger partial charge in [0.15, 0.2) is 6.10 Å². The van der Waals surface area contributed by atoms with Gasteiger partial charge < -0.3 is 14.6 Å². The van der Waals surface area contributed by atoms with Gasteiger partial charge in [0.05, 0.1) is 11.3 Å². The van der Waals surface area contributed by atoms with Gasteiger partial charge in [0.25, 0.3) is 0 Å². The maximum atomic E-state index is 13.6. The fraction of sp³-hybridized carbons (Fsp3) is 0.536. The summed E-state index contributed by atoms with van der Waals surface area (Å²) >= 11 is 0. The first-order valence-corrected chi connectivity index (χ1v) is 14.2. The topological polar surface area (TPSA) is 105 Å². The number of ether oxygens (including phenoxy) is 2. The molecule has 1 fully saturated rings. The molecular weight excluding hydrogens is 492 g/mol. The Hall–Kier alpha value is -2.46. The molecule has 0 unspecified atom stereocenters. The van der Waals surface area contributed by atoms with Gasteiger partial charge in [0, 0.05) is 31.4 Å². The van der Waals surface area contributed by atoms with Crippen LogP contribution in [0.1, 0.15) is 67.5 Å². The van der Waals surface area contributed by atoms with Gasteiger partial charge in [-0.1, -0.05) is 29.8 Å². The van der Waals surface area contributed by atoms with E-state index in [-0.39, 0.29) is 6.04 Å². The van der Waals surface area contributed by atoms with E-state index in [0.29, 0.717) is 55.8 Å². The van der Waals surface area contributed by atoms with Gasteiger partial charge in [0.1, 0.15) is 0 Å². The quantitative estimate of drug-likeness (QED) is 0.569.